The number of nitrogens with one attached hydrogen (secondary N) is 1. The fourth-order valence-corrected chi connectivity index (χ4v) is 0.772. The molecule has 4 nitrogen and oxygen atoms in total. The highest BCUT2D eigenvalue weighted by Gasteiger charge is 2.09. The van der Waals surface area contributed by atoms with Gasteiger partial charge in [-0.25, -0.2) is 0 Å². The van der Waals surface area contributed by atoms with Gasteiger partial charge in [0.25, 0.3) is 0 Å². The van der Waals surface area contributed by atoms with Crippen LogP contribution in [0.2, 0.25) is 0 Å². The van der Waals surface area contributed by atoms with E-state index in [4.69, 9.17) is 9.79 Å². The van der Waals surface area contributed by atoms with Crippen molar-refractivity contribution in [3.05, 3.63) is 0 Å². The summed E-state index contributed by atoms with van der Waals surface area (Å²) in [6.45, 7) is 2.38. The number of hydrogen-bond acceptors (Lipinski definition) is 2. The average molecular weight is 139 g/mol. The van der Waals surface area contributed by atoms with E-state index >= 15 is 0 Å². The molecule has 0 aromatic heterocycles. The molecule has 0 aliphatic carbocycles. The molecule has 0 bridgehead atoms. The highest BCUT2D eigenvalue weighted by molar-refractivity contribution is 7.51. The lowest BCUT2D eigenvalue weighted by atomic mass is 10.8. The lowest BCUT2D eigenvalue weighted by molar-refractivity contribution is 0.368. The number of hydrogen-bond donors (Lipinski definition) is 3. The van der Waals surface area contributed by atoms with E-state index in [1.807, 2.05) is 0 Å². The van der Waals surface area contributed by atoms with E-state index in [9.17, 15) is 4.57 Å². The highest BCUT2D eigenvalue weighted by atomic mass is 31.2. The van der Waals surface area contributed by atoms with Gasteiger partial charge in [0.1, 0.15) is 0 Å². The van der Waals surface area contributed by atoms with Crippen molar-refractivity contribution < 1.29 is 14.4 Å². The Hall–Kier alpha value is 0.110. The second kappa shape index (κ2) is 3.20. The van der Waals surface area contributed by atoms with Crippen molar-refractivity contribution in [3.8, 4) is 0 Å². The van der Waals surface area contributed by atoms with Crippen LogP contribution < -0.4 is 5.32 Å². The van der Waals surface area contributed by atoms with Crippen molar-refractivity contribution in [2.75, 3.05) is 12.8 Å². The van der Waals surface area contributed by atoms with Crippen molar-refractivity contribution in [2.24, 2.45) is 0 Å². The summed E-state index contributed by atoms with van der Waals surface area (Å²) in [6.07, 6.45) is -0.219. The Bertz CT molecular complexity index is 98.7. The molecule has 50 valence electrons. The fraction of sp³-hybridized carbons (Fsp3) is 1.00. The minimum Gasteiger partial charge on any atom is -0.324 e. The molecule has 0 spiro atoms. The second-order valence-electron chi connectivity index (χ2n) is 1.43. The first-order chi connectivity index (χ1) is 3.56. The average Bonchev–Trinajstić information content (AvgIpc) is 1.59. The van der Waals surface area contributed by atoms with E-state index in [2.05, 4.69) is 5.32 Å². The Kier molecular flexibility index (Phi) is 3.24. The first kappa shape index (κ1) is 8.11. The van der Waals surface area contributed by atoms with Gasteiger partial charge in [0.15, 0.2) is 0 Å². The molecule has 0 heterocycles. The molecule has 8 heavy (non-hydrogen) atoms. The summed E-state index contributed by atoms with van der Waals surface area (Å²) in [4.78, 5) is 16.4. The number of rotatable bonds is 3. The molecule has 0 rings (SSSR count). The first-order valence-corrected chi connectivity index (χ1v) is 4.11. The normalized spacial score (nSPS) is 11.9. The van der Waals surface area contributed by atoms with Crippen molar-refractivity contribution in [1.82, 2.24) is 5.32 Å². The van der Waals surface area contributed by atoms with Crippen LogP contribution in [0.25, 0.3) is 0 Å². The molecule has 5 heteroatoms. The molecule has 0 fully saturated rings. The van der Waals surface area contributed by atoms with Gasteiger partial charge in [0.05, 0.1) is 6.29 Å². The van der Waals surface area contributed by atoms with Crippen LogP contribution in [0.4, 0.5) is 0 Å². The largest absolute Gasteiger partial charge is 0.339 e. The molecule has 0 unspecified atom stereocenters. The maximum absolute atomic E-state index is 10.0. The topological polar surface area (TPSA) is 69.6 Å². The van der Waals surface area contributed by atoms with Crippen LogP contribution in [0, 0.1) is 0 Å². The minimum atomic E-state index is -3.79. The third-order valence-corrected chi connectivity index (χ3v) is 1.20. The van der Waals surface area contributed by atoms with E-state index in [1.165, 1.54) is 0 Å². The van der Waals surface area contributed by atoms with Crippen molar-refractivity contribution in [3.63, 3.8) is 0 Å². The van der Waals surface area contributed by atoms with Crippen LogP contribution in [-0.4, -0.2) is 22.6 Å². The van der Waals surface area contributed by atoms with Crippen molar-refractivity contribution in [2.45, 2.75) is 6.92 Å². The minimum absolute atomic E-state index is 0.219. The van der Waals surface area contributed by atoms with Crippen LogP contribution in [0.5, 0.6) is 0 Å². The first-order valence-electron chi connectivity index (χ1n) is 2.31. The van der Waals surface area contributed by atoms with Gasteiger partial charge in [0.2, 0.25) is 0 Å². The van der Waals surface area contributed by atoms with Crippen LogP contribution in [0.1, 0.15) is 6.92 Å². The summed E-state index contributed by atoms with van der Waals surface area (Å²) in [5, 5.41) is 2.53. The predicted octanol–water partition coefficient (Wildman–Crippen LogP) is -0.269. The summed E-state index contributed by atoms with van der Waals surface area (Å²) in [7, 11) is -3.79. The van der Waals surface area contributed by atoms with Gasteiger partial charge in [-0.2, -0.15) is 0 Å². The third-order valence-electron chi connectivity index (χ3n) is 0.568. The zero-order valence-electron chi connectivity index (χ0n) is 4.66. The van der Waals surface area contributed by atoms with E-state index in [0.29, 0.717) is 6.54 Å². The van der Waals surface area contributed by atoms with E-state index in [1.54, 1.807) is 6.92 Å². The Morgan fingerprint density at radius 3 is 2.25 bits per heavy atom. The molecule has 0 saturated heterocycles. The van der Waals surface area contributed by atoms with E-state index in [-0.39, 0.29) is 6.29 Å². The molecule has 0 aromatic rings. The summed E-state index contributed by atoms with van der Waals surface area (Å²) >= 11 is 0. The maximum atomic E-state index is 10.0. The van der Waals surface area contributed by atoms with Crippen LogP contribution >= 0.6 is 7.60 Å². The monoisotopic (exact) mass is 139 g/mol. The summed E-state index contributed by atoms with van der Waals surface area (Å²) in [5.41, 5.74) is 0. The Morgan fingerprint density at radius 1 is 1.62 bits per heavy atom. The van der Waals surface area contributed by atoms with Gasteiger partial charge in [0, 0.05) is 0 Å². The quantitative estimate of drug-likeness (QED) is 0.471. The Morgan fingerprint density at radius 2 is 2.12 bits per heavy atom. The van der Waals surface area contributed by atoms with Crippen LogP contribution in [-0.2, 0) is 4.57 Å². The van der Waals surface area contributed by atoms with E-state index < -0.39 is 7.60 Å². The molecule has 3 N–H and O–H groups in total. The molecule has 0 aliphatic heterocycles. The molecule has 0 amide bonds. The molecule has 0 atom stereocenters. The maximum Gasteiger partial charge on any atom is 0.339 e. The lowest BCUT2D eigenvalue weighted by Gasteiger charge is -2.01. The molecule has 0 saturated carbocycles. The Balaban J connectivity index is 3.26. The summed E-state index contributed by atoms with van der Waals surface area (Å²) in [6, 6.07) is 0. The standard InChI is InChI=1S/C3H10NO3P/c1-2-4-3-8(5,6)7/h4H,2-3H2,1H3,(H2,5,6,7). The smallest absolute Gasteiger partial charge is 0.324 e. The SMILES string of the molecule is CCNCP(=O)(O)O. The molecule has 0 aliphatic rings. The van der Waals surface area contributed by atoms with Gasteiger partial charge in [-0.15, -0.1) is 0 Å². The zero-order valence-corrected chi connectivity index (χ0v) is 5.56. The van der Waals surface area contributed by atoms with Crippen molar-refractivity contribution in [1.29, 1.82) is 0 Å². The van der Waals surface area contributed by atoms with Crippen molar-refractivity contribution >= 4 is 7.60 Å². The molecular formula is C3H10NO3P. The van der Waals surface area contributed by atoms with Crippen LogP contribution in [0.3, 0.4) is 0 Å². The Labute approximate surface area is 48.1 Å². The zero-order chi connectivity index (χ0) is 6.62. The fourth-order valence-electron chi connectivity index (χ4n) is 0.257. The predicted molar refractivity (Wildman–Crippen MR) is 30.6 cm³/mol. The molecular weight excluding hydrogens is 129 g/mol. The van der Waals surface area contributed by atoms with Gasteiger partial charge in [-0.1, -0.05) is 6.92 Å². The van der Waals surface area contributed by atoms with E-state index in [0.717, 1.165) is 0 Å². The molecule has 0 radical (unpaired) electrons. The van der Waals surface area contributed by atoms with Crippen LogP contribution in [0.15, 0.2) is 0 Å². The highest BCUT2D eigenvalue weighted by Crippen LogP contribution is 2.31. The van der Waals surface area contributed by atoms with Gasteiger partial charge < -0.3 is 15.1 Å². The summed E-state index contributed by atoms with van der Waals surface area (Å²) in [5.74, 6) is 0. The lowest BCUT2D eigenvalue weighted by Crippen LogP contribution is -2.13. The second-order valence-corrected chi connectivity index (χ2v) is 3.07. The van der Waals surface area contributed by atoms with Gasteiger partial charge in [-0.05, 0) is 6.54 Å². The third kappa shape index (κ3) is 6.11. The molecule has 0 aromatic carbocycles. The van der Waals surface area contributed by atoms with Gasteiger partial charge >= 0.3 is 7.60 Å². The van der Waals surface area contributed by atoms with Gasteiger partial charge in [-0.3, -0.25) is 4.57 Å². The summed E-state index contributed by atoms with van der Waals surface area (Å²) < 4.78 is 10.0.